The zero-order valence-corrected chi connectivity index (χ0v) is 24.7. The molecule has 0 atom stereocenters. The minimum Gasteiger partial charge on any atom is -0.497 e. The van der Waals surface area contributed by atoms with Crippen molar-refractivity contribution in [3.63, 3.8) is 0 Å². The van der Waals surface area contributed by atoms with Gasteiger partial charge in [-0.1, -0.05) is 12.8 Å². The highest BCUT2D eigenvalue weighted by Gasteiger charge is 2.25. The fourth-order valence-corrected chi connectivity index (χ4v) is 6.62. The fraction of sp³-hybridized carbons (Fsp3) is 0.321. The molecule has 1 saturated heterocycles. The highest BCUT2D eigenvalue weighted by Crippen LogP contribution is 2.31. The Morgan fingerprint density at radius 1 is 0.683 bits per heavy atom. The Bertz CT molecular complexity index is 1600. The van der Waals surface area contributed by atoms with Crippen LogP contribution in [0.5, 0.6) is 17.2 Å². The lowest BCUT2D eigenvalue weighted by Crippen LogP contribution is -2.32. The Labute approximate surface area is 240 Å². The first-order valence-electron chi connectivity index (χ1n) is 12.9. The van der Waals surface area contributed by atoms with Crippen LogP contribution in [-0.4, -0.2) is 62.1 Å². The number of nitrogens with zero attached hydrogens (tertiary/aromatic N) is 1. The lowest BCUT2D eigenvalue weighted by atomic mass is 10.1. The molecule has 3 aromatic rings. The number of likely N-dealkylation sites (tertiary alicyclic amines) is 1. The predicted octanol–water partition coefficient (Wildman–Crippen LogP) is 4.33. The third kappa shape index (κ3) is 7.03. The highest BCUT2D eigenvalue weighted by atomic mass is 32.2. The van der Waals surface area contributed by atoms with Gasteiger partial charge in [0, 0.05) is 24.8 Å². The molecule has 0 aliphatic carbocycles. The number of carbonyl (C=O) groups is 1. The summed E-state index contributed by atoms with van der Waals surface area (Å²) in [5, 5.41) is 0. The second-order valence-electron chi connectivity index (χ2n) is 9.37. The van der Waals surface area contributed by atoms with Crippen LogP contribution in [0.2, 0.25) is 0 Å². The van der Waals surface area contributed by atoms with Crippen LogP contribution >= 0.6 is 0 Å². The molecule has 1 aliphatic rings. The normalized spacial score (nSPS) is 14.1. The van der Waals surface area contributed by atoms with Gasteiger partial charge in [-0.15, -0.1) is 0 Å². The maximum atomic E-state index is 13.3. The summed E-state index contributed by atoms with van der Waals surface area (Å²) in [6.07, 6.45) is 3.87. The molecular formula is C28H33N3O8S2. The van der Waals surface area contributed by atoms with E-state index in [-0.39, 0.29) is 38.4 Å². The number of carbonyl (C=O) groups excluding carboxylic acids is 1. The summed E-state index contributed by atoms with van der Waals surface area (Å²) >= 11 is 0. The largest absolute Gasteiger partial charge is 0.497 e. The van der Waals surface area contributed by atoms with E-state index >= 15 is 0 Å². The number of anilines is 2. The maximum absolute atomic E-state index is 13.3. The van der Waals surface area contributed by atoms with Crippen molar-refractivity contribution < 1.29 is 35.8 Å². The van der Waals surface area contributed by atoms with Crippen LogP contribution in [0, 0.1) is 0 Å². The Balaban J connectivity index is 1.54. The molecule has 0 radical (unpaired) electrons. The van der Waals surface area contributed by atoms with Crippen molar-refractivity contribution in [1.82, 2.24) is 4.90 Å². The van der Waals surface area contributed by atoms with E-state index in [1.54, 1.807) is 17.0 Å². The molecule has 0 saturated carbocycles. The van der Waals surface area contributed by atoms with Gasteiger partial charge in [-0.05, 0) is 67.4 Å². The van der Waals surface area contributed by atoms with Gasteiger partial charge < -0.3 is 19.1 Å². The van der Waals surface area contributed by atoms with Gasteiger partial charge in [0.15, 0.2) is 0 Å². The van der Waals surface area contributed by atoms with Crippen LogP contribution < -0.4 is 23.7 Å². The number of ether oxygens (including phenoxy) is 3. The van der Waals surface area contributed by atoms with Crippen molar-refractivity contribution in [2.24, 2.45) is 0 Å². The topological polar surface area (TPSA) is 140 Å². The standard InChI is InChI=1S/C28H33N3O8S2/c1-37-21-10-14-27(39-3)25(18-21)30-40(33,34)22-11-8-20(9-12-22)29-41(35,36)23-13-15-26(38-2)24(19-23)28(32)31-16-6-4-5-7-17-31/h8-15,18-19,29-30H,4-7,16-17H2,1-3H3. The number of benzene rings is 3. The summed E-state index contributed by atoms with van der Waals surface area (Å²) < 4.78 is 73.1. The van der Waals surface area contributed by atoms with E-state index in [1.165, 1.54) is 69.9 Å². The molecule has 0 aromatic heterocycles. The molecule has 11 nitrogen and oxygen atoms in total. The van der Waals surface area contributed by atoms with Crippen molar-refractivity contribution in [3.05, 3.63) is 66.2 Å². The summed E-state index contributed by atoms with van der Waals surface area (Å²) in [6, 6.07) is 14.0. The maximum Gasteiger partial charge on any atom is 0.262 e. The van der Waals surface area contributed by atoms with Crippen molar-refractivity contribution in [2.45, 2.75) is 35.5 Å². The number of methoxy groups -OCH3 is 3. The Kier molecular flexibility index (Phi) is 9.28. The van der Waals surface area contributed by atoms with Gasteiger partial charge in [0.05, 0.1) is 42.4 Å². The zero-order valence-electron chi connectivity index (χ0n) is 23.0. The lowest BCUT2D eigenvalue weighted by Gasteiger charge is -2.22. The summed E-state index contributed by atoms with van der Waals surface area (Å²) in [5.74, 6) is 0.735. The molecule has 2 N–H and O–H groups in total. The van der Waals surface area contributed by atoms with Crippen LogP contribution in [0.3, 0.4) is 0 Å². The minimum absolute atomic E-state index is 0.0971. The second-order valence-corrected chi connectivity index (χ2v) is 12.7. The van der Waals surface area contributed by atoms with Gasteiger partial charge >= 0.3 is 0 Å². The number of hydrogen-bond acceptors (Lipinski definition) is 8. The molecular weight excluding hydrogens is 570 g/mol. The molecule has 0 unspecified atom stereocenters. The fourth-order valence-electron chi connectivity index (χ4n) is 4.48. The van der Waals surface area contributed by atoms with E-state index in [2.05, 4.69) is 9.44 Å². The first-order chi connectivity index (χ1) is 19.6. The van der Waals surface area contributed by atoms with Crippen LogP contribution in [0.1, 0.15) is 36.0 Å². The molecule has 4 rings (SSSR count). The monoisotopic (exact) mass is 603 g/mol. The third-order valence-corrected chi connectivity index (χ3v) is 9.43. The van der Waals surface area contributed by atoms with E-state index < -0.39 is 20.0 Å². The van der Waals surface area contributed by atoms with Gasteiger partial charge in [-0.25, -0.2) is 16.8 Å². The SMILES string of the molecule is COc1ccc(OC)c(NS(=O)(=O)c2ccc(NS(=O)(=O)c3ccc(OC)c(C(=O)N4CCCCCC4)c3)cc2)c1. The van der Waals surface area contributed by atoms with Crippen LogP contribution in [0.25, 0.3) is 0 Å². The van der Waals surface area contributed by atoms with Crippen LogP contribution in [-0.2, 0) is 20.0 Å². The van der Waals surface area contributed by atoms with Gasteiger partial charge in [-0.3, -0.25) is 14.2 Å². The van der Waals surface area contributed by atoms with Crippen molar-refractivity contribution in [2.75, 3.05) is 43.9 Å². The number of hydrogen-bond donors (Lipinski definition) is 2. The summed E-state index contributed by atoms with van der Waals surface area (Å²) in [7, 11) is -3.86. The molecule has 0 spiro atoms. The lowest BCUT2D eigenvalue weighted by molar-refractivity contribution is 0.0758. The molecule has 1 aliphatic heterocycles. The quantitative estimate of drug-likeness (QED) is 0.349. The minimum atomic E-state index is -4.12. The Morgan fingerprint density at radius 2 is 1.27 bits per heavy atom. The average molecular weight is 604 g/mol. The van der Waals surface area contributed by atoms with E-state index in [9.17, 15) is 21.6 Å². The van der Waals surface area contributed by atoms with Gasteiger partial charge in [0.2, 0.25) is 0 Å². The van der Waals surface area contributed by atoms with E-state index in [1.807, 2.05) is 0 Å². The summed E-state index contributed by atoms with van der Waals surface area (Å²) in [4.78, 5) is 14.8. The van der Waals surface area contributed by atoms with E-state index in [4.69, 9.17) is 14.2 Å². The molecule has 220 valence electrons. The van der Waals surface area contributed by atoms with Gasteiger partial charge in [-0.2, -0.15) is 0 Å². The molecule has 1 heterocycles. The zero-order chi connectivity index (χ0) is 29.6. The number of rotatable bonds is 10. The summed E-state index contributed by atoms with van der Waals surface area (Å²) in [6.45, 7) is 1.21. The van der Waals surface area contributed by atoms with E-state index in [0.29, 0.717) is 24.6 Å². The van der Waals surface area contributed by atoms with Crippen LogP contribution in [0.4, 0.5) is 11.4 Å². The highest BCUT2D eigenvalue weighted by molar-refractivity contribution is 7.93. The van der Waals surface area contributed by atoms with Gasteiger partial charge in [0.25, 0.3) is 26.0 Å². The Hall–Kier alpha value is -3.97. The van der Waals surface area contributed by atoms with Crippen LogP contribution in [0.15, 0.2) is 70.5 Å². The third-order valence-electron chi connectivity index (χ3n) is 6.67. The molecule has 13 heteroatoms. The molecule has 1 fully saturated rings. The molecule has 3 aromatic carbocycles. The first kappa shape index (κ1) is 30.0. The summed E-state index contributed by atoms with van der Waals surface area (Å²) in [5.41, 5.74) is 0.485. The van der Waals surface area contributed by atoms with Gasteiger partial charge in [0.1, 0.15) is 17.2 Å². The second kappa shape index (κ2) is 12.7. The number of nitrogens with one attached hydrogen (secondary N) is 2. The van der Waals surface area contributed by atoms with Crippen molar-refractivity contribution >= 4 is 37.3 Å². The first-order valence-corrected chi connectivity index (χ1v) is 15.9. The average Bonchev–Trinajstić information content (AvgIpc) is 3.26. The molecule has 0 bridgehead atoms. The smallest absolute Gasteiger partial charge is 0.262 e. The number of sulfonamides is 2. The Morgan fingerprint density at radius 3 is 1.88 bits per heavy atom. The van der Waals surface area contributed by atoms with Crippen molar-refractivity contribution in [1.29, 1.82) is 0 Å². The van der Waals surface area contributed by atoms with Crippen molar-refractivity contribution in [3.8, 4) is 17.2 Å². The molecule has 41 heavy (non-hydrogen) atoms. The van der Waals surface area contributed by atoms with E-state index in [0.717, 1.165) is 25.7 Å². The predicted molar refractivity (Wildman–Crippen MR) is 155 cm³/mol. The molecule has 1 amide bonds. The number of amides is 1.